The van der Waals surface area contributed by atoms with Crippen molar-refractivity contribution in [3.8, 4) is 0 Å². The van der Waals surface area contributed by atoms with Crippen molar-refractivity contribution < 1.29 is 4.39 Å². The molecule has 3 N–H and O–H groups in total. The van der Waals surface area contributed by atoms with E-state index in [0.717, 1.165) is 0 Å². The van der Waals surface area contributed by atoms with Crippen LogP contribution in [-0.4, -0.2) is 16.0 Å². The molecule has 8 heteroatoms. The first-order valence-electron chi connectivity index (χ1n) is 4.36. The lowest BCUT2D eigenvalue weighted by Crippen LogP contribution is -2.12. The van der Waals surface area contributed by atoms with Gasteiger partial charge in [0.2, 0.25) is 0 Å². The number of aromatic nitrogens is 2. The van der Waals surface area contributed by atoms with Gasteiger partial charge in [-0.2, -0.15) is 0 Å². The molecule has 4 nitrogen and oxygen atoms in total. The van der Waals surface area contributed by atoms with Gasteiger partial charge in [-0.1, -0.05) is 23.1 Å². The van der Waals surface area contributed by atoms with E-state index in [1.807, 2.05) is 0 Å². The second kappa shape index (κ2) is 5.11. The Morgan fingerprint density at radius 1 is 1.53 bits per heavy atom. The third-order valence-corrected chi connectivity index (χ3v) is 4.46. The first-order chi connectivity index (χ1) is 8.09. The molecule has 0 aliphatic rings. The molecule has 2 aromatic rings. The summed E-state index contributed by atoms with van der Waals surface area (Å²) in [6, 6.07) is 3.17. The lowest BCUT2D eigenvalue weighted by molar-refractivity contribution is 0.594. The average Bonchev–Trinajstić information content (AvgIpc) is 2.77. The van der Waals surface area contributed by atoms with Gasteiger partial charge in [0.1, 0.15) is 11.3 Å². The van der Waals surface area contributed by atoms with Crippen LogP contribution in [0.3, 0.4) is 0 Å². The summed E-state index contributed by atoms with van der Waals surface area (Å²) < 4.78 is 14.8. The summed E-state index contributed by atoms with van der Waals surface area (Å²) in [6.07, 6.45) is 0. The van der Waals surface area contributed by atoms with Crippen LogP contribution in [0.2, 0.25) is 0 Å². The Kier molecular flexibility index (Phi) is 3.75. The van der Waals surface area contributed by atoms with E-state index in [2.05, 4.69) is 26.1 Å². The van der Waals surface area contributed by atoms with Crippen LogP contribution in [0.15, 0.2) is 31.4 Å². The van der Waals surface area contributed by atoms with Gasteiger partial charge in [0, 0.05) is 5.56 Å². The van der Waals surface area contributed by atoms with Crippen molar-refractivity contribution in [1.82, 2.24) is 10.2 Å². The van der Waals surface area contributed by atoms with Crippen LogP contribution < -0.4 is 5.73 Å². The molecule has 0 aliphatic heterocycles. The van der Waals surface area contributed by atoms with E-state index in [0.29, 0.717) is 14.8 Å². The van der Waals surface area contributed by atoms with Crippen LogP contribution in [-0.2, 0) is 0 Å². The van der Waals surface area contributed by atoms with Gasteiger partial charge in [0.05, 0.1) is 9.37 Å². The highest BCUT2D eigenvalue weighted by Crippen LogP contribution is 2.34. The third-order valence-electron chi connectivity index (χ3n) is 1.87. The van der Waals surface area contributed by atoms with E-state index in [1.54, 1.807) is 17.6 Å². The summed E-state index contributed by atoms with van der Waals surface area (Å²) in [4.78, 5) is 0.415. The predicted molar refractivity (Wildman–Crippen MR) is 69.1 cm³/mol. The van der Waals surface area contributed by atoms with Crippen LogP contribution >= 0.6 is 39.0 Å². The van der Waals surface area contributed by atoms with Gasteiger partial charge in [-0.3, -0.25) is 5.41 Å². The summed E-state index contributed by atoms with van der Waals surface area (Å²) in [6.45, 7) is 0. The van der Waals surface area contributed by atoms with Crippen LogP contribution in [0.1, 0.15) is 5.56 Å². The predicted octanol–water partition coefficient (Wildman–Crippen LogP) is 2.87. The standard InChI is InChI=1S/C9H6BrFN4S2/c10-6-4(8(12)13)1-2-5(7(6)11)17-9-15-14-3-16-9/h1-3H,(H3,12,13). The van der Waals surface area contributed by atoms with Gasteiger partial charge in [-0.15, -0.1) is 10.2 Å². The van der Waals surface area contributed by atoms with Crippen LogP contribution in [0, 0.1) is 11.2 Å². The number of hydrogen-bond acceptors (Lipinski definition) is 5. The molecule has 1 aromatic heterocycles. The topological polar surface area (TPSA) is 75.7 Å². The van der Waals surface area contributed by atoms with E-state index >= 15 is 0 Å². The minimum Gasteiger partial charge on any atom is -0.384 e. The van der Waals surface area contributed by atoms with Crippen LogP contribution in [0.5, 0.6) is 0 Å². The van der Waals surface area contributed by atoms with Gasteiger partial charge in [0.15, 0.2) is 10.2 Å². The molecule has 0 bridgehead atoms. The quantitative estimate of drug-likeness (QED) is 0.669. The molecule has 0 radical (unpaired) electrons. The smallest absolute Gasteiger partial charge is 0.178 e. The van der Waals surface area contributed by atoms with Gasteiger partial charge in [-0.05, 0) is 28.1 Å². The maximum atomic E-state index is 14.0. The van der Waals surface area contributed by atoms with Crippen molar-refractivity contribution in [1.29, 1.82) is 5.41 Å². The first kappa shape index (κ1) is 12.5. The van der Waals surface area contributed by atoms with Crippen molar-refractivity contribution in [3.05, 3.63) is 33.5 Å². The number of halogens is 2. The van der Waals surface area contributed by atoms with Crippen molar-refractivity contribution in [2.75, 3.05) is 0 Å². The van der Waals surface area contributed by atoms with Crippen molar-refractivity contribution in [2.24, 2.45) is 5.73 Å². The Morgan fingerprint density at radius 2 is 2.29 bits per heavy atom. The number of benzene rings is 1. The molecule has 0 atom stereocenters. The highest BCUT2D eigenvalue weighted by molar-refractivity contribution is 9.10. The monoisotopic (exact) mass is 332 g/mol. The largest absolute Gasteiger partial charge is 0.384 e. The second-order valence-electron chi connectivity index (χ2n) is 2.96. The zero-order valence-electron chi connectivity index (χ0n) is 8.28. The Morgan fingerprint density at radius 3 is 2.88 bits per heavy atom. The minimum absolute atomic E-state index is 0.178. The van der Waals surface area contributed by atoms with E-state index in [-0.39, 0.29) is 10.3 Å². The fourth-order valence-corrected chi connectivity index (χ4v) is 3.28. The van der Waals surface area contributed by atoms with Crippen molar-refractivity contribution >= 4 is 44.9 Å². The molecule has 0 saturated carbocycles. The maximum Gasteiger partial charge on any atom is 0.178 e. The average molecular weight is 333 g/mol. The molecular formula is C9H6BrFN4S2. The van der Waals surface area contributed by atoms with Gasteiger partial charge in [-0.25, -0.2) is 4.39 Å². The molecule has 17 heavy (non-hydrogen) atoms. The molecule has 2 rings (SSSR count). The van der Waals surface area contributed by atoms with E-state index in [9.17, 15) is 4.39 Å². The number of rotatable bonds is 3. The normalized spacial score (nSPS) is 10.5. The Labute approximate surface area is 113 Å². The molecule has 0 amide bonds. The highest BCUT2D eigenvalue weighted by atomic mass is 79.9. The third kappa shape index (κ3) is 2.64. The number of nitrogens with two attached hydrogens (primary N) is 1. The highest BCUT2D eigenvalue weighted by Gasteiger charge is 2.14. The first-order valence-corrected chi connectivity index (χ1v) is 6.85. The van der Waals surface area contributed by atoms with Crippen LogP contribution in [0.4, 0.5) is 4.39 Å². The fraction of sp³-hybridized carbons (Fsp3) is 0. The minimum atomic E-state index is -0.446. The molecule has 0 aliphatic carbocycles. The van der Waals surface area contributed by atoms with E-state index < -0.39 is 5.82 Å². The number of amidine groups is 1. The van der Waals surface area contributed by atoms with E-state index in [1.165, 1.54) is 23.1 Å². The number of nitrogen functional groups attached to an aromatic ring is 1. The van der Waals surface area contributed by atoms with Crippen LogP contribution in [0.25, 0.3) is 0 Å². The molecular weight excluding hydrogens is 327 g/mol. The molecule has 1 heterocycles. The number of hydrogen-bond donors (Lipinski definition) is 2. The summed E-state index contributed by atoms with van der Waals surface area (Å²) in [5.41, 5.74) is 7.25. The Hall–Kier alpha value is -0.990. The summed E-state index contributed by atoms with van der Waals surface area (Å²) in [5.74, 6) is -0.624. The maximum absolute atomic E-state index is 14.0. The SMILES string of the molecule is N=C(N)c1ccc(Sc2nncs2)c(F)c1Br. The number of nitrogens with zero attached hydrogens (tertiary/aromatic N) is 2. The zero-order chi connectivity index (χ0) is 12.4. The Bertz CT molecular complexity index is 558. The molecule has 0 saturated heterocycles. The molecule has 0 unspecified atom stereocenters. The summed E-state index contributed by atoms with van der Waals surface area (Å²) in [7, 11) is 0. The lowest BCUT2D eigenvalue weighted by Gasteiger charge is -2.06. The molecule has 1 aromatic carbocycles. The summed E-state index contributed by atoms with van der Waals surface area (Å²) >= 11 is 5.61. The van der Waals surface area contributed by atoms with Crippen molar-refractivity contribution in [2.45, 2.75) is 9.24 Å². The van der Waals surface area contributed by atoms with Gasteiger partial charge >= 0.3 is 0 Å². The van der Waals surface area contributed by atoms with E-state index in [4.69, 9.17) is 11.1 Å². The van der Waals surface area contributed by atoms with Gasteiger partial charge < -0.3 is 5.73 Å². The van der Waals surface area contributed by atoms with Crippen molar-refractivity contribution in [3.63, 3.8) is 0 Å². The lowest BCUT2D eigenvalue weighted by atomic mass is 10.2. The van der Waals surface area contributed by atoms with Gasteiger partial charge in [0.25, 0.3) is 0 Å². The molecule has 88 valence electrons. The summed E-state index contributed by atoms with van der Waals surface area (Å²) in [5, 5.41) is 14.8. The zero-order valence-corrected chi connectivity index (χ0v) is 11.5. The molecule has 0 spiro atoms. The number of nitrogens with one attached hydrogen (secondary N) is 1. The molecule has 0 fully saturated rings. The Balaban J connectivity index is 2.37. The second-order valence-corrected chi connectivity index (χ2v) is 5.87. The fourth-order valence-electron chi connectivity index (χ4n) is 1.12.